The smallest absolute Gasteiger partial charge is 0.293 e. The topological polar surface area (TPSA) is 111 Å². The van der Waals surface area contributed by atoms with E-state index in [9.17, 15) is 14.4 Å². The van der Waals surface area contributed by atoms with Crippen LogP contribution >= 0.6 is 0 Å². The van der Waals surface area contributed by atoms with Crippen molar-refractivity contribution in [2.75, 3.05) is 0 Å². The van der Waals surface area contributed by atoms with Gasteiger partial charge in [0.2, 0.25) is 5.91 Å². The van der Waals surface area contributed by atoms with Crippen molar-refractivity contribution in [3.63, 3.8) is 0 Å². The highest BCUT2D eigenvalue weighted by atomic mass is 16.5. The van der Waals surface area contributed by atoms with Crippen LogP contribution in [0.25, 0.3) is 0 Å². The van der Waals surface area contributed by atoms with Crippen LogP contribution in [0, 0.1) is 0 Å². The van der Waals surface area contributed by atoms with Gasteiger partial charge in [-0.15, -0.1) is 0 Å². The van der Waals surface area contributed by atoms with Crippen molar-refractivity contribution in [3.05, 3.63) is 12.4 Å². The lowest BCUT2D eigenvalue weighted by atomic mass is 10.1. The number of nitrogens with one attached hydrogen (secondary N) is 1. The monoisotopic (exact) mass is 297 g/mol. The van der Waals surface area contributed by atoms with Crippen molar-refractivity contribution < 1.29 is 24.2 Å². The minimum absolute atomic E-state index is 0.00898. The summed E-state index contributed by atoms with van der Waals surface area (Å²) in [4.78, 5) is 31.8. The zero-order valence-corrected chi connectivity index (χ0v) is 12.2. The molecule has 0 spiro atoms. The Hall–Kier alpha value is -2.38. The highest BCUT2D eigenvalue weighted by Gasteiger charge is 2.28. The molecule has 116 valence electrons. The molecule has 2 N–H and O–H groups in total. The molecule has 1 aromatic rings. The van der Waals surface area contributed by atoms with E-state index in [1.807, 2.05) is 20.8 Å². The first-order valence-corrected chi connectivity index (χ1v) is 6.41. The van der Waals surface area contributed by atoms with Crippen molar-refractivity contribution in [1.82, 2.24) is 15.1 Å². The van der Waals surface area contributed by atoms with Gasteiger partial charge < -0.3 is 9.84 Å². The number of aromatic nitrogens is 2. The van der Waals surface area contributed by atoms with Crippen LogP contribution in [0.5, 0.6) is 5.75 Å². The van der Waals surface area contributed by atoms with Gasteiger partial charge in [0.1, 0.15) is 11.6 Å². The lowest BCUT2D eigenvalue weighted by Gasteiger charge is -2.20. The normalized spacial score (nSPS) is 18.3. The maximum Gasteiger partial charge on any atom is 0.293 e. The molecule has 1 atom stereocenters. The van der Waals surface area contributed by atoms with Crippen LogP contribution in [0.4, 0.5) is 0 Å². The number of hydrogen-bond donors (Lipinski definition) is 2. The Kier molecular flexibility index (Phi) is 5.45. The van der Waals surface area contributed by atoms with E-state index in [4.69, 9.17) is 5.11 Å². The summed E-state index contributed by atoms with van der Waals surface area (Å²) in [6.45, 7) is 5.92. The Morgan fingerprint density at radius 1 is 1.48 bits per heavy atom. The molecule has 1 aromatic heterocycles. The summed E-state index contributed by atoms with van der Waals surface area (Å²) in [6, 6.07) is -0.492. The van der Waals surface area contributed by atoms with Gasteiger partial charge in [-0.1, -0.05) is 0 Å². The van der Waals surface area contributed by atoms with Gasteiger partial charge >= 0.3 is 0 Å². The maximum atomic E-state index is 11.3. The fourth-order valence-corrected chi connectivity index (χ4v) is 1.58. The molecule has 1 unspecified atom stereocenters. The van der Waals surface area contributed by atoms with Crippen molar-refractivity contribution in [2.24, 2.45) is 0 Å². The van der Waals surface area contributed by atoms with Gasteiger partial charge in [-0.2, -0.15) is 5.10 Å². The minimum atomic E-state index is -0.492. The molecule has 2 amide bonds. The number of rotatable bonds is 2. The van der Waals surface area contributed by atoms with E-state index in [-0.39, 0.29) is 23.2 Å². The zero-order valence-electron chi connectivity index (χ0n) is 12.2. The third kappa shape index (κ3) is 5.64. The van der Waals surface area contributed by atoms with E-state index >= 15 is 0 Å². The summed E-state index contributed by atoms with van der Waals surface area (Å²) in [6.07, 6.45) is 3.34. The maximum absolute atomic E-state index is 11.3. The quantitative estimate of drug-likeness (QED) is 0.608. The van der Waals surface area contributed by atoms with Crippen molar-refractivity contribution in [3.8, 4) is 5.75 Å². The summed E-state index contributed by atoms with van der Waals surface area (Å²) in [5.74, 6) is -0.623. The average Bonchev–Trinajstić information content (AvgIpc) is 2.75. The summed E-state index contributed by atoms with van der Waals surface area (Å²) in [5, 5.41) is 15.1. The van der Waals surface area contributed by atoms with Gasteiger partial charge in [-0.05, 0) is 27.2 Å². The highest BCUT2D eigenvalue weighted by Crippen LogP contribution is 2.19. The average molecular weight is 297 g/mol. The van der Waals surface area contributed by atoms with Crippen molar-refractivity contribution in [1.29, 1.82) is 0 Å². The molecule has 21 heavy (non-hydrogen) atoms. The second-order valence-corrected chi connectivity index (χ2v) is 5.47. The van der Waals surface area contributed by atoms with Crippen molar-refractivity contribution >= 4 is 18.3 Å². The van der Waals surface area contributed by atoms with Gasteiger partial charge in [0.15, 0.2) is 5.75 Å². The number of aromatic hydroxyl groups is 1. The third-order valence-electron chi connectivity index (χ3n) is 2.52. The Labute approximate surface area is 122 Å². The number of hydrogen-bond acceptors (Lipinski definition) is 6. The number of ether oxygens (including phenoxy) is 1. The molecule has 8 heteroatoms. The number of carbonyl (C=O) groups is 3. The SMILES string of the molecule is CC(C)(C)OC=O.O=C1CCC(n2cc(O)cn2)C(=O)N1. The van der Waals surface area contributed by atoms with E-state index in [0.717, 1.165) is 0 Å². The number of piperidine rings is 1. The number of nitrogens with zero attached hydrogens (tertiary/aromatic N) is 2. The lowest BCUT2D eigenvalue weighted by molar-refractivity contribution is -0.139. The summed E-state index contributed by atoms with van der Waals surface area (Å²) >= 11 is 0. The molecule has 0 aliphatic carbocycles. The molecule has 2 rings (SSSR count). The summed E-state index contributed by atoms with van der Waals surface area (Å²) in [5.41, 5.74) is -0.318. The van der Waals surface area contributed by atoms with Gasteiger partial charge in [0, 0.05) is 6.42 Å². The van der Waals surface area contributed by atoms with E-state index < -0.39 is 6.04 Å². The molecule has 0 bridgehead atoms. The molecule has 0 aromatic carbocycles. The fraction of sp³-hybridized carbons (Fsp3) is 0.538. The van der Waals surface area contributed by atoms with Crippen LogP contribution in [0.2, 0.25) is 0 Å². The van der Waals surface area contributed by atoms with Gasteiger partial charge in [0.25, 0.3) is 12.4 Å². The van der Waals surface area contributed by atoms with Crippen LogP contribution < -0.4 is 5.32 Å². The highest BCUT2D eigenvalue weighted by molar-refractivity contribution is 5.99. The van der Waals surface area contributed by atoms with Crippen LogP contribution in [-0.4, -0.2) is 38.8 Å². The molecule has 1 aliphatic heterocycles. The molecule has 1 saturated heterocycles. The molecule has 0 saturated carbocycles. The van der Waals surface area contributed by atoms with Gasteiger partial charge in [-0.25, -0.2) is 0 Å². The van der Waals surface area contributed by atoms with Crippen LogP contribution in [0.1, 0.15) is 39.7 Å². The molecule has 1 aliphatic rings. The van der Waals surface area contributed by atoms with Crippen LogP contribution in [0.15, 0.2) is 12.4 Å². The molecule has 0 radical (unpaired) electrons. The second-order valence-electron chi connectivity index (χ2n) is 5.47. The predicted molar refractivity (Wildman–Crippen MR) is 72.2 cm³/mol. The Morgan fingerprint density at radius 3 is 2.52 bits per heavy atom. The molecular formula is C13H19N3O5. The van der Waals surface area contributed by atoms with Gasteiger partial charge in [0.05, 0.1) is 12.4 Å². The third-order valence-corrected chi connectivity index (χ3v) is 2.52. The van der Waals surface area contributed by atoms with Crippen LogP contribution in [0.3, 0.4) is 0 Å². The zero-order chi connectivity index (χ0) is 16.0. The molecule has 8 nitrogen and oxygen atoms in total. The Morgan fingerprint density at radius 2 is 2.14 bits per heavy atom. The van der Waals surface area contributed by atoms with E-state index in [0.29, 0.717) is 19.3 Å². The summed E-state index contributed by atoms with van der Waals surface area (Å²) in [7, 11) is 0. The Bertz CT molecular complexity index is 518. The first kappa shape index (κ1) is 16.7. The van der Waals surface area contributed by atoms with Gasteiger partial charge in [-0.3, -0.25) is 24.4 Å². The van der Waals surface area contributed by atoms with Crippen molar-refractivity contribution in [2.45, 2.75) is 45.3 Å². The number of amides is 2. The second kappa shape index (κ2) is 6.87. The minimum Gasteiger partial charge on any atom is -0.505 e. The van der Waals surface area contributed by atoms with E-state index in [2.05, 4.69) is 15.2 Å². The Balaban J connectivity index is 0.000000270. The molecular weight excluding hydrogens is 278 g/mol. The number of imide groups is 1. The van der Waals surface area contributed by atoms with Crippen LogP contribution in [-0.2, 0) is 19.1 Å². The summed E-state index contributed by atoms with van der Waals surface area (Å²) < 4.78 is 5.91. The lowest BCUT2D eigenvalue weighted by Crippen LogP contribution is -2.41. The number of carbonyl (C=O) groups excluding carboxylic acids is 3. The first-order chi connectivity index (χ1) is 9.73. The standard InChI is InChI=1S/C8H9N3O3.C5H10O2/c12-5-3-9-11(4-5)6-1-2-7(13)10-8(6)14;1-5(2,3)7-4-6/h3-4,6,12H,1-2H2,(H,10,13,14);4H,1-3H3. The molecule has 2 heterocycles. The predicted octanol–water partition coefficient (Wildman–Crippen LogP) is 0.524. The van der Waals surface area contributed by atoms with E-state index in [1.165, 1.54) is 17.1 Å². The largest absolute Gasteiger partial charge is 0.505 e. The van der Waals surface area contributed by atoms with E-state index in [1.54, 1.807) is 0 Å². The first-order valence-electron chi connectivity index (χ1n) is 6.41. The fourth-order valence-electron chi connectivity index (χ4n) is 1.58. The molecule has 1 fully saturated rings.